The van der Waals surface area contributed by atoms with E-state index in [0.29, 0.717) is 25.3 Å². The lowest BCUT2D eigenvalue weighted by atomic mass is 10.2. The highest BCUT2D eigenvalue weighted by molar-refractivity contribution is 5.44. The number of benzene rings is 2. The maximum atomic E-state index is 12.5. The van der Waals surface area contributed by atoms with Gasteiger partial charge in [0.05, 0.1) is 19.2 Å². The number of rotatable bonds is 6. The van der Waals surface area contributed by atoms with Gasteiger partial charge < -0.3 is 4.74 Å². The Labute approximate surface area is 139 Å². The Kier molecular flexibility index (Phi) is 5.47. The molecule has 0 bridgehead atoms. The highest BCUT2D eigenvalue weighted by Crippen LogP contribution is 2.30. The maximum Gasteiger partial charge on any atom is 0.416 e. The number of nitrogens with zero attached hydrogens (tertiary/aromatic N) is 2. The Morgan fingerprint density at radius 1 is 1.04 bits per heavy atom. The molecular formula is C18H18F3N2O+. The molecule has 2 rings (SSSR count). The van der Waals surface area contributed by atoms with Crippen LogP contribution in [0.1, 0.15) is 12.0 Å². The summed E-state index contributed by atoms with van der Waals surface area (Å²) in [7, 11) is 1.81. The van der Waals surface area contributed by atoms with Crippen molar-refractivity contribution in [1.82, 2.24) is 4.48 Å². The van der Waals surface area contributed by atoms with Crippen molar-refractivity contribution in [2.75, 3.05) is 20.2 Å². The molecule has 0 saturated carbocycles. The van der Waals surface area contributed by atoms with Gasteiger partial charge in [0.2, 0.25) is 0 Å². The van der Waals surface area contributed by atoms with Crippen LogP contribution in [0.4, 0.5) is 18.9 Å². The van der Waals surface area contributed by atoms with Gasteiger partial charge >= 0.3 is 12.4 Å². The van der Waals surface area contributed by atoms with E-state index in [1.807, 2.05) is 37.4 Å². The van der Waals surface area contributed by atoms with Crippen molar-refractivity contribution in [3.63, 3.8) is 0 Å². The number of ether oxygens (including phenoxy) is 1. The van der Waals surface area contributed by atoms with E-state index in [4.69, 9.17) is 4.74 Å². The van der Waals surface area contributed by atoms with Gasteiger partial charge in [-0.15, -0.1) is 5.26 Å². The third-order valence-electron chi connectivity index (χ3n) is 3.75. The molecule has 0 aromatic heterocycles. The summed E-state index contributed by atoms with van der Waals surface area (Å²) in [6.45, 7) is 0.870. The van der Waals surface area contributed by atoms with Crippen LogP contribution in [0.5, 0.6) is 5.75 Å². The number of quaternary nitrogens is 1. The van der Waals surface area contributed by atoms with Crippen LogP contribution in [0, 0.1) is 11.5 Å². The molecule has 0 aliphatic carbocycles. The second-order valence-corrected chi connectivity index (χ2v) is 5.57. The van der Waals surface area contributed by atoms with Crippen molar-refractivity contribution >= 4 is 5.69 Å². The van der Waals surface area contributed by atoms with Crippen molar-refractivity contribution in [2.24, 2.45) is 0 Å². The van der Waals surface area contributed by atoms with E-state index in [1.54, 1.807) is 0 Å². The lowest BCUT2D eigenvalue weighted by molar-refractivity contribution is -0.137. The molecule has 0 radical (unpaired) electrons. The summed E-state index contributed by atoms with van der Waals surface area (Å²) in [5.41, 5.74) is 0.183. The summed E-state index contributed by atoms with van der Waals surface area (Å²) in [4.78, 5) is 0. The Hall–Kier alpha value is -2.52. The van der Waals surface area contributed by atoms with Gasteiger partial charge in [0.25, 0.3) is 0 Å². The fraction of sp³-hybridized carbons (Fsp3) is 0.278. The number of hydrogen-bond donors (Lipinski definition) is 0. The predicted octanol–water partition coefficient (Wildman–Crippen LogP) is 4.59. The van der Waals surface area contributed by atoms with Crippen molar-refractivity contribution in [1.29, 1.82) is 5.26 Å². The molecule has 0 heterocycles. The molecule has 0 fully saturated rings. The predicted molar refractivity (Wildman–Crippen MR) is 86.2 cm³/mol. The minimum absolute atomic E-state index is 0.108. The fourth-order valence-corrected chi connectivity index (χ4v) is 2.30. The highest BCUT2D eigenvalue weighted by Gasteiger charge is 2.30. The minimum atomic E-state index is -4.35. The van der Waals surface area contributed by atoms with E-state index in [9.17, 15) is 18.4 Å². The number of hydrogen-bond acceptors (Lipinski definition) is 2. The summed E-state index contributed by atoms with van der Waals surface area (Å²) in [5, 5.41) is 9.44. The molecule has 0 saturated heterocycles. The molecule has 6 heteroatoms. The topological polar surface area (TPSA) is 33.0 Å². The molecule has 1 atom stereocenters. The average molecular weight is 335 g/mol. The van der Waals surface area contributed by atoms with Crippen LogP contribution in [-0.4, -0.2) is 20.2 Å². The highest BCUT2D eigenvalue weighted by atomic mass is 19.4. The molecule has 2 aromatic rings. The van der Waals surface area contributed by atoms with Gasteiger partial charge in [0, 0.05) is 18.6 Å². The van der Waals surface area contributed by atoms with Crippen molar-refractivity contribution in [3.8, 4) is 11.9 Å². The largest absolute Gasteiger partial charge is 0.493 e. The number of alkyl halides is 3. The standard InChI is InChI=1S/C18H18F3N2O/c1-23(14-22,16-6-3-2-4-7-16)12-5-13-24-17-10-8-15(9-11-17)18(19,20)21/h2-4,6-11H,5,12-13H2,1H3/q+1. The van der Waals surface area contributed by atoms with Gasteiger partial charge in [-0.25, -0.2) is 0 Å². The minimum Gasteiger partial charge on any atom is -0.493 e. The van der Waals surface area contributed by atoms with E-state index in [0.717, 1.165) is 17.8 Å². The van der Waals surface area contributed by atoms with E-state index >= 15 is 0 Å². The van der Waals surface area contributed by atoms with Crippen LogP contribution in [0.2, 0.25) is 0 Å². The van der Waals surface area contributed by atoms with E-state index in [-0.39, 0.29) is 4.48 Å². The second kappa shape index (κ2) is 7.37. The van der Waals surface area contributed by atoms with Crippen LogP contribution in [0.15, 0.2) is 54.6 Å². The van der Waals surface area contributed by atoms with Crippen LogP contribution in [0.25, 0.3) is 0 Å². The van der Waals surface area contributed by atoms with Gasteiger partial charge in [0.1, 0.15) is 18.0 Å². The molecule has 3 nitrogen and oxygen atoms in total. The normalized spacial score (nSPS) is 13.8. The molecule has 126 valence electrons. The first-order valence-electron chi connectivity index (χ1n) is 7.48. The Morgan fingerprint density at radius 2 is 1.67 bits per heavy atom. The van der Waals surface area contributed by atoms with Gasteiger partial charge in [-0.1, -0.05) is 18.2 Å². The van der Waals surface area contributed by atoms with Crippen molar-refractivity contribution < 1.29 is 17.9 Å². The van der Waals surface area contributed by atoms with Gasteiger partial charge in [-0.2, -0.15) is 17.7 Å². The van der Waals surface area contributed by atoms with Crippen LogP contribution in [0.3, 0.4) is 0 Å². The molecular weight excluding hydrogens is 317 g/mol. The zero-order valence-electron chi connectivity index (χ0n) is 13.3. The lowest BCUT2D eigenvalue weighted by Crippen LogP contribution is -2.41. The molecule has 0 amide bonds. The summed E-state index contributed by atoms with van der Waals surface area (Å²) < 4.78 is 43.0. The van der Waals surface area contributed by atoms with Gasteiger partial charge in [-0.05, 0) is 24.3 Å². The molecule has 0 N–H and O–H groups in total. The molecule has 2 aromatic carbocycles. The molecule has 0 aliphatic rings. The van der Waals surface area contributed by atoms with Crippen LogP contribution < -0.4 is 9.22 Å². The third kappa shape index (κ3) is 4.49. The summed E-state index contributed by atoms with van der Waals surface area (Å²) in [5.74, 6) is 0.383. The Balaban J connectivity index is 1.87. The first-order valence-corrected chi connectivity index (χ1v) is 7.48. The van der Waals surface area contributed by atoms with Crippen LogP contribution >= 0.6 is 0 Å². The molecule has 1 unspecified atom stereocenters. The maximum absolute atomic E-state index is 12.5. The van der Waals surface area contributed by atoms with Gasteiger partial charge in [-0.3, -0.25) is 0 Å². The van der Waals surface area contributed by atoms with E-state index < -0.39 is 11.7 Å². The molecule has 0 aliphatic heterocycles. The molecule has 24 heavy (non-hydrogen) atoms. The smallest absolute Gasteiger partial charge is 0.416 e. The zero-order chi connectivity index (χ0) is 17.6. The van der Waals surface area contributed by atoms with E-state index in [2.05, 4.69) is 6.19 Å². The number of nitriles is 1. The monoisotopic (exact) mass is 335 g/mol. The quantitative estimate of drug-likeness (QED) is 0.439. The summed E-state index contributed by atoms with van der Waals surface area (Å²) in [6, 6.07) is 14.0. The number of para-hydroxylation sites is 1. The van der Waals surface area contributed by atoms with E-state index in [1.165, 1.54) is 12.1 Å². The fourth-order valence-electron chi connectivity index (χ4n) is 2.30. The van der Waals surface area contributed by atoms with Crippen molar-refractivity contribution in [2.45, 2.75) is 12.6 Å². The SMILES string of the molecule is C[N+](C#N)(CCCOc1ccc(C(F)(F)F)cc1)c1ccccc1. The number of halogens is 3. The zero-order valence-corrected chi connectivity index (χ0v) is 13.3. The first-order chi connectivity index (χ1) is 11.3. The van der Waals surface area contributed by atoms with Gasteiger partial charge in [0.15, 0.2) is 0 Å². The Morgan fingerprint density at radius 3 is 2.21 bits per heavy atom. The summed E-state index contributed by atoms with van der Waals surface area (Å²) >= 11 is 0. The van der Waals surface area contributed by atoms with Crippen LogP contribution in [-0.2, 0) is 6.18 Å². The third-order valence-corrected chi connectivity index (χ3v) is 3.75. The molecule has 0 spiro atoms. The van der Waals surface area contributed by atoms with Crippen molar-refractivity contribution in [3.05, 3.63) is 60.2 Å². The second-order valence-electron chi connectivity index (χ2n) is 5.57. The lowest BCUT2D eigenvalue weighted by Gasteiger charge is -2.24. The summed E-state index contributed by atoms with van der Waals surface area (Å²) in [6.07, 6.45) is -1.48. The Bertz CT molecular complexity index is 693. The average Bonchev–Trinajstić information content (AvgIpc) is 2.59. The first kappa shape index (κ1) is 17.8.